The van der Waals surface area contributed by atoms with Crippen LogP contribution in [0.1, 0.15) is 0 Å². The number of carboxylic acids is 2. The average molecular weight is 275 g/mol. The van der Waals surface area contributed by atoms with Crippen molar-refractivity contribution < 1.29 is 19.8 Å². The molecule has 0 aliphatic heterocycles. The maximum Gasteiger partial charge on any atom is 0.347 e. The first-order valence-electron chi connectivity index (χ1n) is 5.41. The molecule has 0 saturated heterocycles. The molecule has 0 radical (unpaired) electrons. The van der Waals surface area contributed by atoms with Crippen LogP contribution < -0.4 is 11.0 Å². The van der Waals surface area contributed by atoms with Crippen LogP contribution in [0.5, 0.6) is 0 Å². The van der Waals surface area contributed by atoms with Crippen molar-refractivity contribution in [2.75, 3.05) is 5.32 Å². The predicted molar refractivity (Wildman–Crippen MR) is 69.3 cm³/mol. The number of hydrogen-bond donors (Lipinski definition) is 4. The van der Waals surface area contributed by atoms with Crippen LogP contribution in [0, 0.1) is 0 Å². The number of nitrogens with zero attached hydrogens (tertiary/aromatic N) is 1. The highest BCUT2D eigenvalue weighted by Crippen LogP contribution is 2.17. The van der Waals surface area contributed by atoms with Gasteiger partial charge in [-0.1, -0.05) is 12.1 Å². The first-order chi connectivity index (χ1) is 9.49. The van der Waals surface area contributed by atoms with Crippen molar-refractivity contribution >= 4 is 28.7 Å². The summed E-state index contributed by atoms with van der Waals surface area (Å²) in [4.78, 5) is 38.9. The van der Waals surface area contributed by atoms with E-state index in [9.17, 15) is 14.4 Å². The minimum atomic E-state index is -1.60. The second kappa shape index (κ2) is 5.22. The fraction of sp³-hybridized carbons (Fsp3) is 0. The summed E-state index contributed by atoms with van der Waals surface area (Å²) in [5, 5.41) is 20.4. The van der Waals surface area contributed by atoms with Crippen LogP contribution in [0.25, 0.3) is 10.9 Å². The van der Waals surface area contributed by atoms with Crippen LogP contribution in [0.2, 0.25) is 0 Å². The Hall–Kier alpha value is -3.16. The van der Waals surface area contributed by atoms with Crippen LogP contribution in [0.15, 0.2) is 40.8 Å². The van der Waals surface area contributed by atoms with E-state index in [1.165, 1.54) is 0 Å². The summed E-state index contributed by atoms with van der Waals surface area (Å²) in [6.45, 7) is 0. The third-order valence-electron chi connectivity index (χ3n) is 2.45. The van der Waals surface area contributed by atoms with Gasteiger partial charge in [0, 0.05) is 11.6 Å². The number of H-pyrrole nitrogens is 1. The number of hydrogen-bond acceptors (Lipinski definition) is 5. The van der Waals surface area contributed by atoms with Crippen molar-refractivity contribution in [3.63, 3.8) is 0 Å². The van der Waals surface area contributed by atoms with Crippen molar-refractivity contribution in [1.29, 1.82) is 0 Å². The van der Waals surface area contributed by atoms with Crippen LogP contribution >= 0.6 is 0 Å². The fourth-order valence-electron chi connectivity index (χ4n) is 1.57. The molecule has 2 aromatic rings. The first kappa shape index (κ1) is 13.3. The fourth-order valence-corrected chi connectivity index (χ4v) is 1.57. The van der Waals surface area contributed by atoms with E-state index in [1.807, 2.05) is 0 Å². The van der Waals surface area contributed by atoms with Crippen molar-refractivity contribution in [2.24, 2.45) is 0 Å². The molecule has 1 aromatic carbocycles. The number of nitrogens with one attached hydrogen (secondary N) is 2. The zero-order valence-electron chi connectivity index (χ0n) is 9.95. The number of aliphatic carboxylic acids is 2. The quantitative estimate of drug-likeness (QED) is 0.360. The van der Waals surface area contributed by atoms with E-state index in [1.54, 1.807) is 24.3 Å². The smallest absolute Gasteiger partial charge is 0.347 e. The minimum Gasteiger partial charge on any atom is -0.477 e. The monoisotopic (exact) mass is 275 g/mol. The number of carbonyl (C=O) groups is 2. The highest BCUT2D eigenvalue weighted by Gasteiger charge is 2.16. The van der Waals surface area contributed by atoms with Crippen molar-refractivity contribution in [3.8, 4) is 0 Å². The Morgan fingerprint density at radius 1 is 1.20 bits per heavy atom. The molecule has 0 spiro atoms. The second-order valence-corrected chi connectivity index (χ2v) is 3.75. The van der Waals surface area contributed by atoms with Crippen LogP contribution in [0.4, 0.5) is 5.82 Å². The van der Waals surface area contributed by atoms with Gasteiger partial charge in [0.05, 0.1) is 5.52 Å². The molecule has 0 unspecified atom stereocenters. The molecule has 1 aromatic heterocycles. The van der Waals surface area contributed by atoms with E-state index in [4.69, 9.17) is 10.2 Å². The highest BCUT2D eigenvalue weighted by molar-refractivity contribution is 6.12. The summed E-state index contributed by atoms with van der Waals surface area (Å²) in [5.41, 5.74) is -1.00. The Morgan fingerprint density at radius 3 is 2.50 bits per heavy atom. The first-order valence-corrected chi connectivity index (χ1v) is 5.41. The summed E-state index contributed by atoms with van der Waals surface area (Å²) < 4.78 is 0. The van der Waals surface area contributed by atoms with Gasteiger partial charge >= 0.3 is 17.6 Å². The van der Waals surface area contributed by atoms with E-state index in [0.717, 1.165) is 6.20 Å². The van der Waals surface area contributed by atoms with Crippen molar-refractivity contribution in [1.82, 2.24) is 9.97 Å². The zero-order valence-corrected chi connectivity index (χ0v) is 9.95. The molecule has 4 N–H and O–H groups in total. The largest absolute Gasteiger partial charge is 0.477 e. The Morgan fingerprint density at radius 2 is 1.85 bits per heavy atom. The lowest BCUT2D eigenvalue weighted by atomic mass is 10.2. The number of aromatic nitrogens is 2. The third-order valence-corrected chi connectivity index (χ3v) is 2.45. The standard InChI is InChI=1S/C12H9N3O5/c16-10(17)7(11(18)19)5-13-9-6-3-1-2-4-8(6)14-12(20)15-9/h1-5H,(H,16,17)(H,18,19)(H2,13,14,15,20). The Bertz CT molecular complexity index is 762. The number of anilines is 1. The maximum atomic E-state index is 11.4. The van der Waals surface area contributed by atoms with Gasteiger partial charge in [-0.3, -0.25) is 0 Å². The molecule has 0 saturated carbocycles. The summed E-state index contributed by atoms with van der Waals surface area (Å²) in [7, 11) is 0. The van der Waals surface area contributed by atoms with Crippen LogP contribution in [0.3, 0.4) is 0 Å². The molecule has 0 amide bonds. The minimum absolute atomic E-state index is 0.0735. The summed E-state index contributed by atoms with van der Waals surface area (Å²) in [6, 6.07) is 6.70. The molecule has 0 aliphatic rings. The zero-order chi connectivity index (χ0) is 14.7. The molecule has 1 heterocycles. The number of para-hydroxylation sites is 1. The highest BCUT2D eigenvalue weighted by atomic mass is 16.4. The van der Waals surface area contributed by atoms with Crippen molar-refractivity contribution in [3.05, 3.63) is 46.5 Å². The molecule has 0 bridgehead atoms. The SMILES string of the molecule is O=C(O)C(=CNc1nc(=O)[nH]c2ccccc12)C(=O)O. The number of carboxylic acid groups (broad SMARTS) is 2. The van der Waals surface area contributed by atoms with Gasteiger partial charge in [0.1, 0.15) is 5.82 Å². The lowest BCUT2D eigenvalue weighted by molar-refractivity contribution is -0.140. The number of benzene rings is 1. The lowest BCUT2D eigenvalue weighted by Gasteiger charge is -2.04. The maximum absolute atomic E-state index is 11.4. The lowest BCUT2D eigenvalue weighted by Crippen LogP contribution is -2.15. The van der Waals surface area contributed by atoms with Crippen molar-refractivity contribution in [2.45, 2.75) is 0 Å². The molecule has 0 fully saturated rings. The molecular formula is C12H9N3O5. The Labute approximate surface area is 111 Å². The predicted octanol–water partition coefficient (Wildman–Crippen LogP) is 0.388. The van der Waals surface area contributed by atoms with Gasteiger partial charge in [0.25, 0.3) is 0 Å². The number of aromatic amines is 1. The summed E-state index contributed by atoms with van der Waals surface area (Å²) in [6.07, 6.45) is 0.777. The van der Waals surface area contributed by atoms with Gasteiger partial charge < -0.3 is 20.5 Å². The van der Waals surface area contributed by atoms with Gasteiger partial charge in [-0.15, -0.1) is 0 Å². The summed E-state index contributed by atoms with van der Waals surface area (Å²) in [5.74, 6) is -3.12. The van der Waals surface area contributed by atoms with Crippen LogP contribution in [-0.2, 0) is 9.59 Å². The van der Waals surface area contributed by atoms with E-state index < -0.39 is 23.2 Å². The van der Waals surface area contributed by atoms with E-state index in [2.05, 4.69) is 15.3 Å². The van der Waals surface area contributed by atoms with E-state index >= 15 is 0 Å². The van der Waals surface area contributed by atoms with Crippen LogP contribution in [-0.4, -0.2) is 32.1 Å². The Balaban J connectivity index is 2.49. The molecule has 2 rings (SSSR count). The van der Waals surface area contributed by atoms with E-state index in [0.29, 0.717) is 10.9 Å². The number of rotatable bonds is 4. The van der Waals surface area contributed by atoms with Gasteiger partial charge in [-0.2, -0.15) is 4.98 Å². The Kier molecular flexibility index (Phi) is 3.47. The second-order valence-electron chi connectivity index (χ2n) is 3.75. The summed E-state index contributed by atoms with van der Waals surface area (Å²) >= 11 is 0. The van der Waals surface area contributed by atoms with Gasteiger partial charge in [-0.05, 0) is 12.1 Å². The molecule has 102 valence electrons. The molecular weight excluding hydrogens is 266 g/mol. The molecule has 0 atom stereocenters. The normalized spacial score (nSPS) is 10.0. The number of fused-ring (bicyclic) bond motifs is 1. The molecule has 20 heavy (non-hydrogen) atoms. The molecule has 8 heteroatoms. The van der Waals surface area contributed by atoms with Gasteiger partial charge in [-0.25, -0.2) is 14.4 Å². The third kappa shape index (κ3) is 2.64. The van der Waals surface area contributed by atoms with Gasteiger partial charge in [0.2, 0.25) is 0 Å². The molecule has 0 aliphatic carbocycles. The average Bonchev–Trinajstić information content (AvgIpc) is 2.37. The van der Waals surface area contributed by atoms with Gasteiger partial charge in [0.15, 0.2) is 5.57 Å². The topological polar surface area (TPSA) is 132 Å². The molecule has 8 nitrogen and oxygen atoms in total. The van der Waals surface area contributed by atoms with E-state index in [-0.39, 0.29) is 5.82 Å².